The maximum Gasteiger partial charge on any atom is 0.224 e. The van der Waals surface area contributed by atoms with Gasteiger partial charge in [-0.25, -0.2) is 9.37 Å². The molecule has 1 N–H and O–H groups in total. The van der Waals surface area contributed by atoms with Gasteiger partial charge in [-0.3, -0.25) is 0 Å². The molecule has 19 heavy (non-hydrogen) atoms. The molecule has 6 heteroatoms. The maximum atomic E-state index is 13.5. The molecule has 0 fully saturated rings. The second kappa shape index (κ2) is 5.60. The van der Waals surface area contributed by atoms with E-state index in [1.165, 1.54) is 18.2 Å². The maximum absolute atomic E-state index is 13.5. The third-order valence-corrected chi connectivity index (χ3v) is 2.30. The van der Waals surface area contributed by atoms with Gasteiger partial charge in [-0.05, 0) is 26.0 Å². The van der Waals surface area contributed by atoms with Crippen LogP contribution in [0.2, 0.25) is 0 Å². The Kier molecular flexibility index (Phi) is 3.89. The molecule has 0 spiro atoms. The number of halogens is 2. The number of rotatable bonds is 4. The minimum atomic E-state index is -1.04. The average Bonchev–Trinajstić information content (AvgIpc) is 2.35. The van der Waals surface area contributed by atoms with E-state index in [9.17, 15) is 8.78 Å². The number of aryl methyl sites for hydroxylation is 1. The Morgan fingerprint density at radius 3 is 2.79 bits per heavy atom. The highest BCUT2D eigenvalue weighted by molar-refractivity contribution is 5.40. The van der Waals surface area contributed by atoms with Gasteiger partial charge in [0, 0.05) is 12.6 Å². The lowest BCUT2D eigenvalue weighted by atomic mass is 10.3. The van der Waals surface area contributed by atoms with Gasteiger partial charge in [0.15, 0.2) is 11.6 Å². The van der Waals surface area contributed by atoms with Crippen LogP contribution in [-0.2, 0) is 0 Å². The van der Waals surface area contributed by atoms with Crippen molar-refractivity contribution < 1.29 is 13.5 Å². The molecular weight excluding hydrogens is 252 g/mol. The van der Waals surface area contributed by atoms with Crippen LogP contribution in [0.3, 0.4) is 0 Å². The average molecular weight is 265 g/mol. The summed E-state index contributed by atoms with van der Waals surface area (Å²) in [6.45, 7) is 4.30. The highest BCUT2D eigenvalue weighted by atomic mass is 19.2. The van der Waals surface area contributed by atoms with E-state index in [1.54, 1.807) is 6.92 Å². The summed E-state index contributed by atoms with van der Waals surface area (Å²) in [5.41, 5.74) is 0. The van der Waals surface area contributed by atoms with Crippen molar-refractivity contribution in [3.63, 3.8) is 0 Å². The van der Waals surface area contributed by atoms with E-state index >= 15 is 0 Å². The van der Waals surface area contributed by atoms with E-state index in [1.807, 2.05) is 6.92 Å². The fourth-order valence-corrected chi connectivity index (χ4v) is 1.54. The van der Waals surface area contributed by atoms with Crippen LogP contribution in [0.25, 0.3) is 0 Å². The van der Waals surface area contributed by atoms with Gasteiger partial charge < -0.3 is 10.1 Å². The summed E-state index contributed by atoms with van der Waals surface area (Å²) in [7, 11) is 0. The van der Waals surface area contributed by atoms with E-state index in [-0.39, 0.29) is 11.6 Å². The number of ether oxygens (including phenoxy) is 1. The molecule has 0 atom stereocenters. The highest BCUT2D eigenvalue weighted by Crippen LogP contribution is 2.25. The standard InChI is InChI=1S/C13H13F2N3O/c1-3-16-11-7-12(18-8(2)17-11)19-10-6-4-5-9(14)13(10)15/h4-7H,3H2,1-2H3,(H,16,17,18). The summed E-state index contributed by atoms with van der Waals surface area (Å²) < 4.78 is 31.8. The predicted molar refractivity (Wildman–Crippen MR) is 67.4 cm³/mol. The van der Waals surface area contributed by atoms with E-state index in [0.717, 1.165) is 6.07 Å². The number of nitrogens with one attached hydrogen (secondary N) is 1. The first-order chi connectivity index (χ1) is 9.10. The van der Waals surface area contributed by atoms with Crippen molar-refractivity contribution in [2.24, 2.45) is 0 Å². The number of benzene rings is 1. The van der Waals surface area contributed by atoms with Crippen LogP contribution < -0.4 is 10.1 Å². The Bertz CT molecular complexity index is 590. The summed E-state index contributed by atoms with van der Waals surface area (Å²) in [5.74, 6) is -1.00. The van der Waals surface area contributed by atoms with Crippen LogP contribution in [0.4, 0.5) is 14.6 Å². The van der Waals surface area contributed by atoms with Gasteiger partial charge in [0.25, 0.3) is 0 Å². The van der Waals surface area contributed by atoms with Crippen molar-refractivity contribution in [1.29, 1.82) is 0 Å². The van der Waals surface area contributed by atoms with E-state index in [4.69, 9.17) is 4.74 Å². The minimum absolute atomic E-state index is 0.160. The summed E-state index contributed by atoms with van der Waals surface area (Å²) >= 11 is 0. The fraction of sp³-hybridized carbons (Fsp3) is 0.231. The van der Waals surface area contributed by atoms with Gasteiger partial charge in [0.05, 0.1) is 0 Å². The van der Waals surface area contributed by atoms with Crippen molar-refractivity contribution in [3.05, 3.63) is 41.7 Å². The van der Waals surface area contributed by atoms with Crippen molar-refractivity contribution in [2.45, 2.75) is 13.8 Å². The molecule has 2 aromatic rings. The van der Waals surface area contributed by atoms with Crippen molar-refractivity contribution in [3.8, 4) is 11.6 Å². The molecule has 0 aliphatic heterocycles. The van der Waals surface area contributed by atoms with Crippen LogP contribution in [-0.4, -0.2) is 16.5 Å². The van der Waals surface area contributed by atoms with Gasteiger partial charge in [-0.15, -0.1) is 0 Å². The number of anilines is 1. The fourth-order valence-electron chi connectivity index (χ4n) is 1.54. The molecule has 0 saturated carbocycles. The number of aromatic nitrogens is 2. The number of nitrogens with zero attached hydrogens (tertiary/aromatic N) is 2. The Morgan fingerprint density at radius 1 is 1.26 bits per heavy atom. The Morgan fingerprint density at radius 2 is 2.05 bits per heavy atom. The molecule has 0 aliphatic carbocycles. The van der Waals surface area contributed by atoms with Gasteiger partial charge in [0.1, 0.15) is 11.6 Å². The molecule has 0 radical (unpaired) electrons. The topological polar surface area (TPSA) is 47.0 Å². The second-order valence-corrected chi connectivity index (χ2v) is 3.82. The van der Waals surface area contributed by atoms with Gasteiger partial charge >= 0.3 is 0 Å². The van der Waals surface area contributed by atoms with Crippen molar-refractivity contribution in [1.82, 2.24) is 9.97 Å². The van der Waals surface area contributed by atoms with Crippen LogP contribution in [0.15, 0.2) is 24.3 Å². The Balaban J connectivity index is 2.30. The zero-order valence-electron chi connectivity index (χ0n) is 10.6. The monoisotopic (exact) mass is 265 g/mol. The van der Waals surface area contributed by atoms with E-state index in [0.29, 0.717) is 18.2 Å². The first-order valence-corrected chi connectivity index (χ1v) is 5.81. The van der Waals surface area contributed by atoms with Gasteiger partial charge in [0.2, 0.25) is 11.7 Å². The highest BCUT2D eigenvalue weighted by Gasteiger charge is 2.11. The smallest absolute Gasteiger partial charge is 0.224 e. The first-order valence-electron chi connectivity index (χ1n) is 5.81. The lowest BCUT2D eigenvalue weighted by Gasteiger charge is -2.09. The SMILES string of the molecule is CCNc1cc(Oc2cccc(F)c2F)nc(C)n1. The summed E-state index contributed by atoms with van der Waals surface area (Å²) in [4.78, 5) is 8.15. The molecule has 0 saturated heterocycles. The molecule has 1 aromatic heterocycles. The van der Waals surface area contributed by atoms with Crippen LogP contribution >= 0.6 is 0 Å². The van der Waals surface area contributed by atoms with Crippen molar-refractivity contribution >= 4 is 5.82 Å². The summed E-state index contributed by atoms with van der Waals surface area (Å²) in [6.07, 6.45) is 0. The lowest BCUT2D eigenvalue weighted by Crippen LogP contribution is -2.03. The molecule has 0 aliphatic rings. The molecule has 2 rings (SSSR count). The lowest BCUT2D eigenvalue weighted by molar-refractivity contribution is 0.404. The molecule has 100 valence electrons. The molecule has 4 nitrogen and oxygen atoms in total. The molecule has 0 amide bonds. The molecule has 1 aromatic carbocycles. The minimum Gasteiger partial charge on any atom is -0.436 e. The predicted octanol–water partition coefficient (Wildman–Crippen LogP) is 3.29. The van der Waals surface area contributed by atoms with E-state index in [2.05, 4.69) is 15.3 Å². The van der Waals surface area contributed by atoms with Crippen LogP contribution in [0.5, 0.6) is 11.6 Å². The summed E-state index contributed by atoms with van der Waals surface area (Å²) in [5, 5.41) is 3.00. The molecule has 1 heterocycles. The van der Waals surface area contributed by atoms with Gasteiger partial charge in [-0.2, -0.15) is 9.37 Å². The van der Waals surface area contributed by atoms with Crippen LogP contribution in [0, 0.1) is 18.6 Å². The number of hydrogen-bond donors (Lipinski definition) is 1. The largest absolute Gasteiger partial charge is 0.436 e. The van der Waals surface area contributed by atoms with Crippen molar-refractivity contribution in [2.75, 3.05) is 11.9 Å². The zero-order valence-corrected chi connectivity index (χ0v) is 10.6. The van der Waals surface area contributed by atoms with Gasteiger partial charge in [-0.1, -0.05) is 6.07 Å². The third-order valence-electron chi connectivity index (χ3n) is 2.30. The normalized spacial score (nSPS) is 10.3. The quantitative estimate of drug-likeness (QED) is 0.921. The van der Waals surface area contributed by atoms with E-state index < -0.39 is 11.6 Å². The zero-order chi connectivity index (χ0) is 13.8. The molecule has 0 bridgehead atoms. The third kappa shape index (κ3) is 3.15. The van der Waals surface area contributed by atoms with Crippen LogP contribution in [0.1, 0.15) is 12.7 Å². The Hall–Kier alpha value is -2.24. The first kappa shape index (κ1) is 13.2. The number of hydrogen-bond acceptors (Lipinski definition) is 4. The molecular formula is C13H13F2N3O. The molecule has 0 unspecified atom stereocenters. The second-order valence-electron chi connectivity index (χ2n) is 3.82. The summed E-state index contributed by atoms with van der Waals surface area (Å²) in [6, 6.07) is 5.26. The Labute approximate surface area is 109 Å².